The second kappa shape index (κ2) is 10.7. The van der Waals surface area contributed by atoms with E-state index in [4.69, 9.17) is 0 Å². The molecule has 1 amide bonds. The van der Waals surface area contributed by atoms with Crippen molar-refractivity contribution in [1.29, 1.82) is 0 Å². The van der Waals surface area contributed by atoms with Crippen LogP contribution in [0.15, 0.2) is 24.4 Å². The van der Waals surface area contributed by atoms with Gasteiger partial charge in [-0.1, -0.05) is 77.7 Å². The van der Waals surface area contributed by atoms with Crippen molar-refractivity contribution in [3.05, 3.63) is 24.4 Å². The van der Waals surface area contributed by atoms with E-state index in [-0.39, 0.29) is 5.91 Å². The van der Waals surface area contributed by atoms with E-state index in [2.05, 4.69) is 13.5 Å². The van der Waals surface area contributed by atoms with Crippen LogP contribution in [0.25, 0.3) is 0 Å². The molecule has 0 aliphatic carbocycles. The zero-order chi connectivity index (χ0) is 14.6. The van der Waals surface area contributed by atoms with Crippen molar-refractivity contribution < 1.29 is 4.79 Å². The summed E-state index contributed by atoms with van der Waals surface area (Å²) in [5.74, 6) is 0.0991. The molecule has 0 bridgehead atoms. The van der Waals surface area contributed by atoms with Gasteiger partial charge in [-0.15, -0.1) is 0 Å². The third-order valence-electron chi connectivity index (χ3n) is 4.02. The predicted molar refractivity (Wildman–Crippen MR) is 86.5 cm³/mol. The third kappa shape index (κ3) is 6.93. The van der Waals surface area contributed by atoms with Gasteiger partial charge in [0.15, 0.2) is 0 Å². The number of unbranched alkanes of at least 4 members (excludes halogenated alkanes) is 10. The highest BCUT2D eigenvalue weighted by Crippen LogP contribution is 2.15. The highest BCUT2D eigenvalue weighted by atomic mass is 16.2. The van der Waals surface area contributed by atoms with Crippen LogP contribution >= 0.6 is 0 Å². The number of allylic oxidation sites excluding steroid dienone is 1. The summed E-state index contributed by atoms with van der Waals surface area (Å²) >= 11 is 0. The molecule has 2 heteroatoms. The van der Waals surface area contributed by atoms with Crippen LogP contribution in [0.5, 0.6) is 0 Å². The topological polar surface area (TPSA) is 20.3 Å². The van der Waals surface area contributed by atoms with E-state index in [1.807, 2.05) is 0 Å². The third-order valence-corrected chi connectivity index (χ3v) is 4.02. The van der Waals surface area contributed by atoms with Crippen LogP contribution in [0, 0.1) is 0 Å². The summed E-state index contributed by atoms with van der Waals surface area (Å²) in [6.45, 7) is 6.97. The van der Waals surface area contributed by atoms with Gasteiger partial charge in [-0.2, -0.15) is 0 Å². The zero-order valence-corrected chi connectivity index (χ0v) is 13.2. The van der Waals surface area contributed by atoms with Crippen LogP contribution in [-0.2, 0) is 4.79 Å². The molecule has 0 spiro atoms. The van der Waals surface area contributed by atoms with Gasteiger partial charge in [0.2, 0.25) is 0 Å². The molecule has 20 heavy (non-hydrogen) atoms. The van der Waals surface area contributed by atoms with Gasteiger partial charge in [-0.25, -0.2) is 0 Å². The molecular formula is C18H31NO. The Morgan fingerprint density at radius 3 is 1.80 bits per heavy atom. The van der Waals surface area contributed by atoms with Crippen molar-refractivity contribution in [2.24, 2.45) is 0 Å². The fourth-order valence-corrected chi connectivity index (χ4v) is 2.68. The van der Waals surface area contributed by atoms with Crippen molar-refractivity contribution >= 4 is 5.91 Å². The first kappa shape index (κ1) is 17.0. The molecule has 0 aromatic heterocycles. The standard InChI is InChI=1S/C18H31NO/c1-3-4-5-6-7-8-9-10-11-12-13-16-19-17(2)14-15-18(19)20/h14-15H,2-13,16H2,1H3. The SMILES string of the molecule is C=C1C=CC(=O)N1CCCCCCCCCCCCC. The minimum atomic E-state index is 0.0991. The lowest BCUT2D eigenvalue weighted by molar-refractivity contribution is -0.123. The molecule has 0 saturated heterocycles. The van der Waals surface area contributed by atoms with Gasteiger partial charge in [-0.05, 0) is 12.5 Å². The fourth-order valence-electron chi connectivity index (χ4n) is 2.68. The molecular weight excluding hydrogens is 246 g/mol. The van der Waals surface area contributed by atoms with Crippen molar-refractivity contribution in [3.8, 4) is 0 Å². The molecule has 114 valence electrons. The number of carbonyl (C=O) groups excluding carboxylic acids is 1. The second-order valence-corrected chi connectivity index (χ2v) is 5.85. The summed E-state index contributed by atoms with van der Waals surface area (Å²) in [5, 5.41) is 0. The summed E-state index contributed by atoms with van der Waals surface area (Å²) in [6, 6.07) is 0. The smallest absolute Gasteiger partial charge is 0.251 e. The summed E-state index contributed by atoms with van der Waals surface area (Å²) < 4.78 is 0. The Labute approximate surface area is 124 Å². The van der Waals surface area contributed by atoms with E-state index in [1.54, 1.807) is 17.1 Å². The summed E-state index contributed by atoms with van der Waals surface area (Å²) in [5.41, 5.74) is 0.849. The van der Waals surface area contributed by atoms with Crippen LogP contribution in [0.3, 0.4) is 0 Å². The number of nitrogens with zero attached hydrogens (tertiary/aromatic N) is 1. The molecule has 1 aliphatic rings. The van der Waals surface area contributed by atoms with Crippen molar-refractivity contribution in [2.75, 3.05) is 6.54 Å². The molecule has 0 atom stereocenters. The van der Waals surface area contributed by atoms with Crippen LogP contribution in [0.2, 0.25) is 0 Å². The van der Waals surface area contributed by atoms with Gasteiger partial charge >= 0.3 is 0 Å². The Hall–Kier alpha value is -1.05. The van der Waals surface area contributed by atoms with E-state index in [0.717, 1.165) is 18.7 Å². The maximum Gasteiger partial charge on any atom is 0.251 e. The molecule has 0 unspecified atom stereocenters. The monoisotopic (exact) mass is 277 g/mol. The molecule has 0 N–H and O–H groups in total. The van der Waals surface area contributed by atoms with Gasteiger partial charge in [0.1, 0.15) is 0 Å². The van der Waals surface area contributed by atoms with Gasteiger partial charge in [0.25, 0.3) is 5.91 Å². The summed E-state index contributed by atoms with van der Waals surface area (Å²) in [7, 11) is 0. The number of carbonyl (C=O) groups is 1. The van der Waals surface area contributed by atoms with E-state index in [9.17, 15) is 4.79 Å². The van der Waals surface area contributed by atoms with Crippen LogP contribution in [0.1, 0.15) is 77.6 Å². The lowest BCUT2D eigenvalue weighted by atomic mass is 10.1. The highest BCUT2D eigenvalue weighted by molar-refractivity contribution is 5.92. The molecule has 0 fully saturated rings. The van der Waals surface area contributed by atoms with E-state index in [1.165, 1.54) is 64.2 Å². The predicted octanol–water partition coefficient (Wildman–Crippen LogP) is 5.21. The van der Waals surface area contributed by atoms with E-state index in [0.29, 0.717) is 0 Å². The van der Waals surface area contributed by atoms with Gasteiger partial charge in [0, 0.05) is 18.3 Å². The Bertz CT molecular complexity index is 301. The minimum Gasteiger partial charge on any atom is -0.309 e. The summed E-state index contributed by atoms with van der Waals surface area (Å²) in [4.78, 5) is 13.3. The number of rotatable bonds is 12. The van der Waals surface area contributed by atoms with E-state index < -0.39 is 0 Å². The first-order valence-corrected chi connectivity index (χ1v) is 8.44. The Morgan fingerprint density at radius 2 is 1.35 bits per heavy atom. The van der Waals surface area contributed by atoms with Crippen molar-refractivity contribution in [2.45, 2.75) is 77.6 Å². The molecule has 0 aromatic rings. The molecule has 0 radical (unpaired) electrons. The summed E-state index contributed by atoms with van der Waals surface area (Å²) in [6.07, 6.45) is 18.1. The number of amides is 1. The Morgan fingerprint density at radius 1 is 0.850 bits per heavy atom. The van der Waals surface area contributed by atoms with Gasteiger partial charge in [-0.3, -0.25) is 4.79 Å². The molecule has 1 aliphatic heterocycles. The Balaban J connectivity index is 1.83. The first-order valence-electron chi connectivity index (χ1n) is 8.44. The average Bonchev–Trinajstić information content (AvgIpc) is 2.76. The van der Waals surface area contributed by atoms with Gasteiger partial charge < -0.3 is 4.90 Å². The quantitative estimate of drug-likeness (QED) is 0.448. The van der Waals surface area contributed by atoms with Gasteiger partial charge in [0.05, 0.1) is 0 Å². The van der Waals surface area contributed by atoms with Crippen LogP contribution in [-0.4, -0.2) is 17.4 Å². The first-order chi connectivity index (χ1) is 9.75. The molecule has 1 rings (SSSR count). The second-order valence-electron chi connectivity index (χ2n) is 5.85. The zero-order valence-electron chi connectivity index (χ0n) is 13.2. The maximum absolute atomic E-state index is 11.5. The normalized spacial score (nSPS) is 14.6. The largest absolute Gasteiger partial charge is 0.309 e. The van der Waals surface area contributed by atoms with Crippen molar-refractivity contribution in [1.82, 2.24) is 4.90 Å². The molecule has 2 nitrogen and oxygen atoms in total. The molecule has 0 saturated carbocycles. The fraction of sp³-hybridized carbons (Fsp3) is 0.722. The number of hydrogen-bond donors (Lipinski definition) is 0. The van der Waals surface area contributed by atoms with E-state index >= 15 is 0 Å². The lowest BCUT2D eigenvalue weighted by Crippen LogP contribution is -2.24. The van der Waals surface area contributed by atoms with Crippen molar-refractivity contribution in [3.63, 3.8) is 0 Å². The maximum atomic E-state index is 11.5. The van der Waals surface area contributed by atoms with Crippen LogP contribution < -0.4 is 0 Å². The molecule has 0 aromatic carbocycles. The van der Waals surface area contributed by atoms with Crippen LogP contribution in [0.4, 0.5) is 0 Å². The number of hydrogen-bond acceptors (Lipinski definition) is 1. The average molecular weight is 277 g/mol. The molecule has 1 heterocycles. The Kier molecular flexibility index (Phi) is 9.10. The minimum absolute atomic E-state index is 0.0991. The highest BCUT2D eigenvalue weighted by Gasteiger charge is 2.17. The lowest BCUT2D eigenvalue weighted by Gasteiger charge is -2.16.